The summed E-state index contributed by atoms with van der Waals surface area (Å²) in [4.78, 5) is 54.7. The molecule has 2 aliphatic heterocycles. The zero-order chi connectivity index (χ0) is 27.1. The number of carbonyl (C=O) groups excluding carboxylic acids is 2. The van der Waals surface area contributed by atoms with E-state index < -0.39 is 17.6 Å². The van der Waals surface area contributed by atoms with Gasteiger partial charge in [0.15, 0.2) is 0 Å². The van der Waals surface area contributed by atoms with E-state index in [4.69, 9.17) is 0 Å². The van der Waals surface area contributed by atoms with Crippen molar-refractivity contribution >= 4 is 22.8 Å². The summed E-state index contributed by atoms with van der Waals surface area (Å²) in [6.45, 7) is -0.542. The Balaban J connectivity index is 1.30. The Morgan fingerprint density at radius 2 is 1.54 bits per heavy atom. The number of hydrogen-bond acceptors (Lipinski definition) is 6. The molecular formula is C30H40N4O5. The Kier molecular flexibility index (Phi) is 7.35. The molecule has 2 aliphatic carbocycles. The smallest absolute Gasteiger partial charge is 0.332 e. The predicted molar refractivity (Wildman–Crippen MR) is 148 cm³/mol. The van der Waals surface area contributed by atoms with Gasteiger partial charge in [-0.2, -0.15) is 0 Å². The fraction of sp³-hybridized carbons (Fsp3) is 0.667. The molecule has 4 atom stereocenters. The highest BCUT2D eigenvalue weighted by molar-refractivity contribution is 5.84. The number of nitrogens with zero attached hydrogens (tertiary/aromatic N) is 3. The molecule has 0 radical (unpaired) electrons. The number of aromatic nitrogens is 2. The van der Waals surface area contributed by atoms with E-state index in [1.807, 2.05) is 0 Å². The van der Waals surface area contributed by atoms with E-state index in [1.54, 1.807) is 24.3 Å². The minimum absolute atomic E-state index is 0.186. The van der Waals surface area contributed by atoms with Gasteiger partial charge < -0.3 is 10.1 Å². The van der Waals surface area contributed by atoms with Crippen LogP contribution in [0.5, 0.6) is 0 Å². The summed E-state index contributed by atoms with van der Waals surface area (Å²) in [6, 6.07) is 8.21. The van der Waals surface area contributed by atoms with Crippen molar-refractivity contribution in [2.24, 2.45) is 11.8 Å². The van der Waals surface area contributed by atoms with E-state index in [-0.39, 0.29) is 24.7 Å². The van der Waals surface area contributed by atoms with Crippen molar-refractivity contribution in [1.82, 2.24) is 19.4 Å². The van der Waals surface area contributed by atoms with Crippen LogP contribution in [0.15, 0.2) is 33.9 Å². The number of nitrogens with one attached hydrogen (secondary N) is 1. The number of piperidine rings is 2. The molecule has 4 aliphatic rings. The van der Waals surface area contributed by atoms with Crippen molar-refractivity contribution < 1.29 is 14.3 Å². The van der Waals surface area contributed by atoms with E-state index in [0.717, 1.165) is 37.5 Å². The number of carbonyl (C=O) groups is 2. The topological polar surface area (TPSA) is 103 Å². The zero-order valence-electron chi connectivity index (χ0n) is 22.8. The van der Waals surface area contributed by atoms with Crippen LogP contribution < -0.4 is 16.6 Å². The third-order valence-corrected chi connectivity index (χ3v) is 9.94. The number of rotatable bonds is 6. The van der Waals surface area contributed by atoms with Gasteiger partial charge in [-0.1, -0.05) is 37.8 Å². The Morgan fingerprint density at radius 3 is 2.23 bits per heavy atom. The van der Waals surface area contributed by atoms with E-state index in [2.05, 4.69) is 15.0 Å². The second kappa shape index (κ2) is 10.9. The van der Waals surface area contributed by atoms with E-state index >= 15 is 0 Å². The number of esters is 1. The molecule has 2 saturated heterocycles. The summed E-state index contributed by atoms with van der Waals surface area (Å²) in [6.07, 6.45) is 13.2. The molecule has 2 saturated carbocycles. The first-order valence-electron chi connectivity index (χ1n) is 14.8. The summed E-state index contributed by atoms with van der Waals surface area (Å²) in [5, 5.41) is 2.95. The Bertz CT molecular complexity index is 1340. The van der Waals surface area contributed by atoms with Crippen LogP contribution in [0.3, 0.4) is 0 Å². The first kappa shape index (κ1) is 26.3. The lowest BCUT2D eigenvalue weighted by Gasteiger charge is -2.55. The quantitative estimate of drug-likeness (QED) is 0.570. The lowest BCUT2D eigenvalue weighted by molar-refractivity contribution is -0.141. The van der Waals surface area contributed by atoms with E-state index in [0.29, 0.717) is 29.0 Å². The Morgan fingerprint density at radius 1 is 0.872 bits per heavy atom. The second-order valence-electron chi connectivity index (χ2n) is 12.2. The largest absolute Gasteiger partial charge is 0.468 e. The van der Waals surface area contributed by atoms with Crippen LogP contribution in [0.25, 0.3) is 10.9 Å². The minimum Gasteiger partial charge on any atom is -0.468 e. The molecule has 4 fully saturated rings. The number of fused-ring (bicyclic) bond motifs is 5. The van der Waals surface area contributed by atoms with Crippen LogP contribution >= 0.6 is 0 Å². The van der Waals surface area contributed by atoms with Crippen molar-refractivity contribution in [2.75, 3.05) is 13.7 Å². The van der Waals surface area contributed by atoms with Gasteiger partial charge in [-0.05, 0) is 68.9 Å². The predicted octanol–water partition coefficient (Wildman–Crippen LogP) is 2.98. The summed E-state index contributed by atoms with van der Waals surface area (Å²) >= 11 is 0. The zero-order valence-corrected chi connectivity index (χ0v) is 22.8. The first-order chi connectivity index (χ1) is 18.9. The fourth-order valence-electron chi connectivity index (χ4n) is 8.39. The van der Waals surface area contributed by atoms with Gasteiger partial charge in [0.25, 0.3) is 5.56 Å². The molecule has 6 rings (SSSR count). The lowest BCUT2D eigenvalue weighted by atomic mass is 9.68. The standard InChI is InChI=1S/C30H40N4O5/c1-39-28(36)17-31-27(35)18-32-26-11-3-2-10-25(26)29(37)34(30(32)38)24-15-21-8-5-9-22(16-24)33(21)23-13-19-6-4-7-20(12-19)14-23/h2-3,10-11,19-24H,4-9,12-18H2,1H3,(H,31,35). The van der Waals surface area contributed by atoms with Crippen LogP contribution in [-0.4, -0.2) is 57.7 Å². The molecule has 0 spiro atoms. The monoisotopic (exact) mass is 536 g/mol. The van der Waals surface area contributed by atoms with Gasteiger partial charge in [-0.15, -0.1) is 0 Å². The van der Waals surface area contributed by atoms with Gasteiger partial charge >= 0.3 is 11.7 Å². The molecule has 9 heteroatoms. The van der Waals surface area contributed by atoms with Crippen LogP contribution in [0.4, 0.5) is 0 Å². The van der Waals surface area contributed by atoms with Crippen LogP contribution in [0, 0.1) is 11.8 Å². The Labute approximate surface area is 228 Å². The number of ether oxygens (including phenoxy) is 1. The molecule has 3 heterocycles. The van der Waals surface area contributed by atoms with Crippen molar-refractivity contribution in [1.29, 1.82) is 0 Å². The molecule has 1 aromatic carbocycles. The van der Waals surface area contributed by atoms with Crippen molar-refractivity contribution in [3.05, 3.63) is 45.1 Å². The average molecular weight is 537 g/mol. The van der Waals surface area contributed by atoms with Crippen LogP contribution in [0.2, 0.25) is 0 Å². The van der Waals surface area contributed by atoms with Crippen LogP contribution in [0.1, 0.15) is 76.7 Å². The molecule has 9 nitrogen and oxygen atoms in total. The summed E-state index contributed by atoms with van der Waals surface area (Å²) in [7, 11) is 1.25. The lowest BCUT2D eigenvalue weighted by Crippen LogP contribution is -2.59. The van der Waals surface area contributed by atoms with E-state index in [1.165, 1.54) is 61.2 Å². The number of benzene rings is 1. The molecule has 1 amide bonds. The molecule has 39 heavy (non-hydrogen) atoms. The maximum atomic E-state index is 13.9. The van der Waals surface area contributed by atoms with E-state index in [9.17, 15) is 19.2 Å². The molecule has 4 bridgehead atoms. The maximum absolute atomic E-state index is 13.9. The van der Waals surface area contributed by atoms with Crippen molar-refractivity contribution in [3.8, 4) is 0 Å². The average Bonchev–Trinajstić information content (AvgIpc) is 2.93. The van der Waals surface area contributed by atoms with Gasteiger partial charge in [0.2, 0.25) is 5.91 Å². The highest BCUT2D eigenvalue weighted by atomic mass is 16.5. The third-order valence-electron chi connectivity index (χ3n) is 9.94. The molecule has 1 N–H and O–H groups in total. The fourth-order valence-corrected chi connectivity index (χ4v) is 8.39. The van der Waals surface area contributed by atoms with Crippen molar-refractivity contribution in [2.45, 2.75) is 101 Å². The number of amides is 1. The van der Waals surface area contributed by atoms with Gasteiger partial charge in [0.05, 0.1) is 18.0 Å². The highest BCUT2D eigenvalue weighted by Gasteiger charge is 2.45. The van der Waals surface area contributed by atoms with Crippen LogP contribution in [-0.2, 0) is 20.9 Å². The highest BCUT2D eigenvalue weighted by Crippen LogP contribution is 2.47. The number of methoxy groups -OCH3 is 1. The normalized spacial score (nSPS) is 30.6. The molecule has 210 valence electrons. The van der Waals surface area contributed by atoms with Crippen molar-refractivity contribution in [3.63, 3.8) is 0 Å². The van der Waals surface area contributed by atoms with Gasteiger partial charge in [-0.25, -0.2) is 4.79 Å². The SMILES string of the molecule is COC(=O)CNC(=O)Cn1c(=O)n(C2CC3CCCC(C2)N3C2CC3CCCC(C3)C2)c(=O)c2ccccc21. The van der Waals surface area contributed by atoms with Gasteiger partial charge in [-0.3, -0.25) is 28.4 Å². The minimum atomic E-state index is -0.564. The molecule has 1 aromatic heterocycles. The summed E-state index contributed by atoms with van der Waals surface area (Å²) in [5.74, 6) is 0.681. The summed E-state index contributed by atoms with van der Waals surface area (Å²) in [5.41, 5.74) is -0.287. The third kappa shape index (κ3) is 5.06. The summed E-state index contributed by atoms with van der Waals surface area (Å²) < 4.78 is 7.42. The number of para-hydroxylation sites is 1. The van der Waals surface area contributed by atoms with Gasteiger partial charge in [0, 0.05) is 24.2 Å². The second-order valence-corrected chi connectivity index (χ2v) is 12.2. The molecular weight excluding hydrogens is 496 g/mol. The van der Waals surface area contributed by atoms with Gasteiger partial charge in [0.1, 0.15) is 13.1 Å². The first-order valence-corrected chi connectivity index (χ1v) is 14.8. The molecule has 4 unspecified atom stereocenters. The maximum Gasteiger partial charge on any atom is 0.332 e. The Hall–Kier alpha value is -2.94. The number of hydrogen-bond donors (Lipinski definition) is 1. The molecule has 2 aromatic rings.